The zero-order valence-corrected chi connectivity index (χ0v) is 14.6. The Kier molecular flexibility index (Phi) is 6.78. The Balaban J connectivity index is 0.000000212. The zero-order chi connectivity index (χ0) is 18.1. The van der Waals surface area contributed by atoms with E-state index in [1.54, 1.807) is 30.3 Å². The summed E-state index contributed by atoms with van der Waals surface area (Å²) in [6.07, 6.45) is 0. The van der Waals surface area contributed by atoms with Crippen LogP contribution in [0.4, 0.5) is 5.69 Å². The number of aromatic carboxylic acids is 1. The minimum Gasteiger partial charge on any atom is -0.478 e. The lowest BCUT2D eigenvalue weighted by Crippen LogP contribution is -2.01. The van der Waals surface area contributed by atoms with Gasteiger partial charge in [0.2, 0.25) is 0 Å². The van der Waals surface area contributed by atoms with E-state index in [2.05, 4.69) is 61.6 Å². The van der Waals surface area contributed by atoms with Crippen molar-refractivity contribution < 1.29 is 9.90 Å². The molecule has 0 radical (unpaired) electrons. The predicted molar refractivity (Wildman–Crippen MR) is 103 cm³/mol. The maximum Gasteiger partial charge on any atom is 0.335 e. The Morgan fingerprint density at radius 3 is 2.00 bits per heavy atom. The quantitative estimate of drug-likeness (QED) is 0.681. The summed E-state index contributed by atoms with van der Waals surface area (Å²) in [5.74, 6) is -0.879. The van der Waals surface area contributed by atoms with E-state index in [1.807, 2.05) is 6.07 Å². The zero-order valence-electron chi connectivity index (χ0n) is 14.6. The van der Waals surface area contributed by atoms with Crippen molar-refractivity contribution in [3.63, 3.8) is 0 Å². The number of carbonyl (C=O) groups is 1. The van der Waals surface area contributed by atoms with E-state index < -0.39 is 5.97 Å². The second-order valence-corrected chi connectivity index (χ2v) is 5.76. The maximum absolute atomic E-state index is 10.2. The normalized spacial score (nSPS) is 9.68. The third-order valence-corrected chi connectivity index (χ3v) is 3.95. The van der Waals surface area contributed by atoms with Gasteiger partial charge < -0.3 is 10.4 Å². The number of benzene rings is 3. The summed E-state index contributed by atoms with van der Waals surface area (Å²) in [7, 11) is 0. The molecule has 3 aromatic rings. The second kappa shape index (κ2) is 9.28. The summed E-state index contributed by atoms with van der Waals surface area (Å²) in [4.78, 5) is 10.2. The van der Waals surface area contributed by atoms with Gasteiger partial charge in [-0.3, -0.25) is 0 Å². The molecule has 128 valence electrons. The Labute approximate surface area is 149 Å². The molecule has 0 fully saturated rings. The number of anilines is 1. The van der Waals surface area contributed by atoms with Gasteiger partial charge in [0.1, 0.15) is 0 Å². The number of carboxylic acid groups (broad SMARTS) is 1. The fraction of sp³-hybridized carbons (Fsp3) is 0.136. The van der Waals surface area contributed by atoms with Crippen LogP contribution in [0.3, 0.4) is 0 Å². The third-order valence-electron chi connectivity index (χ3n) is 3.95. The van der Waals surface area contributed by atoms with Crippen LogP contribution in [0.5, 0.6) is 0 Å². The lowest BCUT2D eigenvalue weighted by molar-refractivity contribution is 0.0697. The molecule has 0 aliphatic carbocycles. The third kappa shape index (κ3) is 5.81. The summed E-state index contributed by atoms with van der Waals surface area (Å²) in [6.45, 7) is 5.18. The van der Waals surface area contributed by atoms with Crippen molar-refractivity contribution in [2.75, 3.05) is 5.32 Å². The lowest BCUT2D eigenvalue weighted by atomic mass is 10.1. The highest BCUT2D eigenvalue weighted by molar-refractivity contribution is 5.87. The van der Waals surface area contributed by atoms with E-state index in [1.165, 1.54) is 22.4 Å². The summed E-state index contributed by atoms with van der Waals surface area (Å²) in [5, 5.41) is 11.9. The Morgan fingerprint density at radius 1 is 0.840 bits per heavy atom. The largest absolute Gasteiger partial charge is 0.478 e. The highest BCUT2D eigenvalue weighted by atomic mass is 16.4. The molecule has 3 nitrogen and oxygen atoms in total. The van der Waals surface area contributed by atoms with Gasteiger partial charge in [-0.2, -0.15) is 0 Å². The van der Waals surface area contributed by atoms with Crippen molar-refractivity contribution in [2.45, 2.75) is 20.4 Å². The minimum absolute atomic E-state index is 0.331. The number of carboxylic acids is 1. The first-order valence-electron chi connectivity index (χ1n) is 8.20. The van der Waals surface area contributed by atoms with Crippen molar-refractivity contribution >= 4 is 11.7 Å². The smallest absolute Gasteiger partial charge is 0.335 e. The molecule has 0 saturated carbocycles. The van der Waals surface area contributed by atoms with Crippen molar-refractivity contribution in [3.8, 4) is 0 Å². The first-order chi connectivity index (χ1) is 12.1. The lowest BCUT2D eigenvalue weighted by Gasteiger charge is -2.11. The van der Waals surface area contributed by atoms with Gasteiger partial charge in [-0.15, -0.1) is 0 Å². The van der Waals surface area contributed by atoms with Crippen LogP contribution in [0, 0.1) is 13.8 Å². The summed E-state index contributed by atoms with van der Waals surface area (Å²) < 4.78 is 0. The van der Waals surface area contributed by atoms with Crippen LogP contribution in [0.2, 0.25) is 0 Å². The Bertz CT molecular complexity index is 799. The monoisotopic (exact) mass is 333 g/mol. The van der Waals surface area contributed by atoms with Gasteiger partial charge in [0, 0.05) is 12.2 Å². The number of hydrogen-bond acceptors (Lipinski definition) is 2. The highest BCUT2D eigenvalue weighted by Crippen LogP contribution is 2.18. The standard InChI is InChI=1S/C15H17N.C7H6O2/c1-12-7-6-10-15(13(12)2)16-11-14-8-4-3-5-9-14;8-7(9)6-4-2-1-3-5-6/h3-10,16H,11H2,1-2H3;1-5H,(H,8,9). The molecular weight excluding hydrogens is 310 g/mol. The topological polar surface area (TPSA) is 49.3 Å². The van der Waals surface area contributed by atoms with Crippen LogP contribution in [0.1, 0.15) is 27.0 Å². The molecule has 0 unspecified atom stereocenters. The van der Waals surface area contributed by atoms with E-state index in [4.69, 9.17) is 5.11 Å². The van der Waals surface area contributed by atoms with Gasteiger partial charge in [-0.25, -0.2) is 4.79 Å². The van der Waals surface area contributed by atoms with Gasteiger partial charge >= 0.3 is 5.97 Å². The molecule has 0 atom stereocenters. The van der Waals surface area contributed by atoms with Gasteiger partial charge in [0.25, 0.3) is 0 Å². The van der Waals surface area contributed by atoms with Crippen LogP contribution in [-0.4, -0.2) is 11.1 Å². The van der Waals surface area contributed by atoms with Gasteiger partial charge in [-0.05, 0) is 48.7 Å². The molecule has 0 aliphatic heterocycles. The Morgan fingerprint density at radius 2 is 1.44 bits per heavy atom. The van der Waals surface area contributed by atoms with E-state index in [9.17, 15) is 4.79 Å². The average Bonchev–Trinajstić information content (AvgIpc) is 2.65. The van der Waals surface area contributed by atoms with Crippen LogP contribution in [0.15, 0.2) is 78.9 Å². The molecule has 0 spiro atoms. The molecule has 0 aliphatic rings. The fourth-order valence-corrected chi connectivity index (χ4v) is 2.32. The number of aryl methyl sites for hydroxylation is 1. The van der Waals surface area contributed by atoms with Crippen molar-refractivity contribution in [3.05, 3.63) is 101 Å². The SMILES string of the molecule is Cc1cccc(NCc2ccccc2)c1C.O=C(O)c1ccccc1. The van der Waals surface area contributed by atoms with Gasteiger partial charge in [-0.1, -0.05) is 60.7 Å². The summed E-state index contributed by atoms with van der Waals surface area (Å²) >= 11 is 0. The molecule has 3 heteroatoms. The molecule has 3 aromatic carbocycles. The first kappa shape index (κ1) is 18.3. The molecule has 0 heterocycles. The van der Waals surface area contributed by atoms with E-state index in [0.29, 0.717) is 5.56 Å². The molecule has 0 aromatic heterocycles. The predicted octanol–water partition coefficient (Wildman–Crippen LogP) is 5.30. The molecule has 2 N–H and O–H groups in total. The van der Waals surface area contributed by atoms with Crippen LogP contribution >= 0.6 is 0 Å². The van der Waals surface area contributed by atoms with E-state index >= 15 is 0 Å². The maximum atomic E-state index is 10.2. The van der Waals surface area contributed by atoms with Crippen LogP contribution < -0.4 is 5.32 Å². The van der Waals surface area contributed by atoms with Crippen LogP contribution in [-0.2, 0) is 6.54 Å². The van der Waals surface area contributed by atoms with Crippen LogP contribution in [0.25, 0.3) is 0 Å². The molecular formula is C22H23NO2. The van der Waals surface area contributed by atoms with Gasteiger partial charge in [0.15, 0.2) is 0 Å². The van der Waals surface area contributed by atoms with E-state index in [-0.39, 0.29) is 0 Å². The molecule has 3 rings (SSSR count). The Hall–Kier alpha value is -3.07. The molecule has 0 amide bonds. The van der Waals surface area contributed by atoms with E-state index in [0.717, 1.165) is 6.54 Å². The summed E-state index contributed by atoms with van der Waals surface area (Å²) in [5.41, 5.74) is 5.53. The number of nitrogens with one attached hydrogen (secondary N) is 1. The second-order valence-electron chi connectivity index (χ2n) is 5.76. The number of rotatable bonds is 4. The average molecular weight is 333 g/mol. The molecule has 0 saturated heterocycles. The summed E-state index contributed by atoms with van der Waals surface area (Å²) in [6, 6.07) is 25.1. The highest BCUT2D eigenvalue weighted by Gasteiger charge is 1.99. The minimum atomic E-state index is -0.879. The van der Waals surface area contributed by atoms with Crippen molar-refractivity contribution in [2.24, 2.45) is 0 Å². The molecule has 0 bridgehead atoms. The van der Waals surface area contributed by atoms with Gasteiger partial charge in [0.05, 0.1) is 5.56 Å². The van der Waals surface area contributed by atoms with Crippen molar-refractivity contribution in [1.82, 2.24) is 0 Å². The fourth-order valence-electron chi connectivity index (χ4n) is 2.32. The first-order valence-corrected chi connectivity index (χ1v) is 8.20. The molecule has 25 heavy (non-hydrogen) atoms. The number of hydrogen-bond donors (Lipinski definition) is 2. The van der Waals surface area contributed by atoms with Crippen molar-refractivity contribution in [1.29, 1.82) is 0 Å².